The first kappa shape index (κ1) is 15.9. The first-order valence-corrected chi connectivity index (χ1v) is 6.19. The third-order valence-electron chi connectivity index (χ3n) is 2.37. The third-order valence-corrected chi connectivity index (χ3v) is 2.37. The Kier molecular flexibility index (Phi) is 9.43. The summed E-state index contributed by atoms with van der Waals surface area (Å²) in [6.07, 6.45) is 4.00. The molecule has 100 valence electrons. The lowest BCUT2D eigenvalue weighted by Gasteiger charge is -2.22. The molecule has 0 aliphatic heterocycles. The van der Waals surface area contributed by atoms with Crippen LogP contribution in [0.3, 0.4) is 0 Å². The van der Waals surface area contributed by atoms with Crippen molar-refractivity contribution < 1.29 is 19.4 Å². The van der Waals surface area contributed by atoms with Crippen LogP contribution in [0.25, 0.3) is 0 Å². The number of carbonyl (C=O) groups excluding carboxylic acids is 1. The zero-order chi connectivity index (χ0) is 13.1. The molecule has 0 aromatic carbocycles. The molecule has 0 heterocycles. The molecule has 0 fully saturated rings. The molecule has 0 unspecified atom stereocenters. The zero-order valence-electron chi connectivity index (χ0n) is 10.8. The van der Waals surface area contributed by atoms with E-state index >= 15 is 0 Å². The fraction of sp³-hybridized carbons (Fsp3) is 0.833. The second kappa shape index (κ2) is 10.1. The zero-order valence-corrected chi connectivity index (χ0v) is 10.8. The van der Waals surface area contributed by atoms with E-state index in [4.69, 9.17) is 9.84 Å². The van der Waals surface area contributed by atoms with Gasteiger partial charge in [0, 0.05) is 13.1 Å². The van der Waals surface area contributed by atoms with Crippen LogP contribution in [0.1, 0.15) is 39.5 Å². The average molecular weight is 245 g/mol. The lowest BCUT2D eigenvalue weighted by atomic mass is 10.2. The first-order chi connectivity index (χ1) is 8.11. The standard InChI is InChI=1S/C12H23NO4/c1-3-5-7-13(8-6-4-2)11(14)9-17-10-12(15)16/h3-10H2,1-2H3,(H,15,16). The SMILES string of the molecule is CCCCN(CCCC)C(=O)COCC(=O)O. The molecule has 0 spiro atoms. The minimum Gasteiger partial charge on any atom is -0.480 e. The largest absolute Gasteiger partial charge is 0.480 e. The maximum absolute atomic E-state index is 11.7. The number of carboxylic acid groups (broad SMARTS) is 1. The Morgan fingerprint density at radius 1 is 1.06 bits per heavy atom. The van der Waals surface area contributed by atoms with Crippen LogP contribution in [0.2, 0.25) is 0 Å². The minimum absolute atomic E-state index is 0.117. The molecule has 0 radical (unpaired) electrons. The number of hydrogen-bond acceptors (Lipinski definition) is 3. The highest BCUT2D eigenvalue weighted by Gasteiger charge is 2.12. The van der Waals surface area contributed by atoms with Crippen molar-refractivity contribution in [3.63, 3.8) is 0 Å². The van der Waals surface area contributed by atoms with E-state index in [1.54, 1.807) is 4.90 Å². The highest BCUT2D eigenvalue weighted by Crippen LogP contribution is 2.00. The molecule has 0 rings (SSSR count). The summed E-state index contributed by atoms with van der Waals surface area (Å²) < 4.78 is 4.81. The highest BCUT2D eigenvalue weighted by atomic mass is 16.5. The van der Waals surface area contributed by atoms with Crippen LogP contribution in [0.5, 0.6) is 0 Å². The van der Waals surface area contributed by atoms with Crippen molar-refractivity contribution in [3.8, 4) is 0 Å². The lowest BCUT2D eigenvalue weighted by molar-refractivity contribution is -0.145. The van der Waals surface area contributed by atoms with E-state index in [9.17, 15) is 9.59 Å². The molecule has 1 amide bonds. The van der Waals surface area contributed by atoms with Crippen LogP contribution in [0, 0.1) is 0 Å². The summed E-state index contributed by atoms with van der Waals surface area (Å²) in [5.41, 5.74) is 0. The molecule has 0 saturated carbocycles. The van der Waals surface area contributed by atoms with E-state index in [2.05, 4.69) is 13.8 Å². The Labute approximate surface area is 103 Å². The second-order valence-corrected chi connectivity index (χ2v) is 3.97. The monoisotopic (exact) mass is 245 g/mol. The van der Waals surface area contributed by atoms with Crippen LogP contribution in [-0.2, 0) is 14.3 Å². The van der Waals surface area contributed by atoms with E-state index in [0.717, 1.165) is 38.8 Å². The topological polar surface area (TPSA) is 66.8 Å². The van der Waals surface area contributed by atoms with Crippen molar-refractivity contribution in [2.75, 3.05) is 26.3 Å². The molecule has 17 heavy (non-hydrogen) atoms. The van der Waals surface area contributed by atoms with Gasteiger partial charge < -0.3 is 14.7 Å². The molecule has 0 bridgehead atoms. The Morgan fingerprint density at radius 3 is 2.00 bits per heavy atom. The van der Waals surface area contributed by atoms with Gasteiger partial charge in [0.2, 0.25) is 5.91 Å². The van der Waals surface area contributed by atoms with Gasteiger partial charge in [-0.2, -0.15) is 0 Å². The number of nitrogens with zero attached hydrogens (tertiary/aromatic N) is 1. The number of carbonyl (C=O) groups is 2. The fourth-order valence-electron chi connectivity index (χ4n) is 1.38. The molecule has 0 aliphatic carbocycles. The minimum atomic E-state index is -1.05. The summed E-state index contributed by atoms with van der Waals surface area (Å²) in [4.78, 5) is 23.7. The van der Waals surface area contributed by atoms with E-state index in [1.807, 2.05) is 0 Å². The third kappa shape index (κ3) is 8.68. The molecule has 0 aromatic heterocycles. The van der Waals surface area contributed by atoms with Crippen LogP contribution >= 0.6 is 0 Å². The maximum atomic E-state index is 11.7. The number of carboxylic acids is 1. The van der Waals surface area contributed by atoms with Gasteiger partial charge in [0.05, 0.1) is 0 Å². The summed E-state index contributed by atoms with van der Waals surface area (Å²) in [6.45, 7) is 5.05. The van der Waals surface area contributed by atoms with E-state index in [1.165, 1.54) is 0 Å². The van der Waals surface area contributed by atoms with Crippen molar-refractivity contribution in [3.05, 3.63) is 0 Å². The smallest absolute Gasteiger partial charge is 0.329 e. The molecule has 5 heteroatoms. The molecule has 0 atom stereocenters. The summed E-state index contributed by atoms with van der Waals surface area (Å²) in [7, 11) is 0. The molecule has 0 aliphatic rings. The molecule has 1 N–H and O–H groups in total. The molecule has 0 aromatic rings. The van der Waals surface area contributed by atoms with Crippen molar-refractivity contribution in [1.29, 1.82) is 0 Å². The summed E-state index contributed by atoms with van der Waals surface area (Å²) in [6, 6.07) is 0. The molecule has 5 nitrogen and oxygen atoms in total. The van der Waals surface area contributed by atoms with Gasteiger partial charge in [-0.25, -0.2) is 4.79 Å². The summed E-state index contributed by atoms with van der Waals surface area (Å²) in [5, 5.41) is 8.40. The Morgan fingerprint density at radius 2 is 1.59 bits per heavy atom. The first-order valence-electron chi connectivity index (χ1n) is 6.19. The fourth-order valence-corrected chi connectivity index (χ4v) is 1.38. The van der Waals surface area contributed by atoms with Gasteiger partial charge in [0.25, 0.3) is 0 Å². The van der Waals surface area contributed by atoms with Gasteiger partial charge in [-0.05, 0) is 12.8 Å². The normalized spacial score (nSPS) is 10.2. The van der Waals surface area contributed by atoms with Crippen LogP contribution in [-0.4, -0.2) is 48.2 Å². The summed E-state index contributed by atoms with van der Waals surface area (Å²) >= 11 is 0. The predicted molar refractivity (Wildman–Crippen MR) is 64.9 cm³/mol. The average Bonchev–Trinajstić information content (AvgIpc) is 2.28. The number of rotatable bonds is 10. The predicted octanol–water partition coefficient (Wildman–Crippen LogP) is 1.52. The number of unbranched alkanes of at least 4 members (excludes halogenated alkanes) is 2. The van der Waals surface area contributed by atoms with Crippen LogP contribution in [0.4, 0.5) is 0 Å². The maximum Gasteiger partial charge on any atom is 0.329 e. The Hall–Kier alpha value is -1.10. The van der Waals surface area contributed by atoms with Crippen LogP contribution in [0.15, 0.2) is 0 Å². The molecular weight excluding hydrogens is 222 g/mol. The molecule has 0 saturated heterocycles. The quantitative estimate of drug-likeness (QED) is 0.633. The van der Waals surface area contributed by atoms with Gasteiger partial charge in [0.15, 0.2) is 0 Å². The van der Waals surface area contributed by atoms with Crippen molar-refractivity contribution in [2.24, 2.45) is 0 Å². The second-order valence-electron chi connectivity index (χ2n) is 3.97. The Balaban J connectivity index is 3.97. The van der Waals surface area contributed by atoms with Gasteiger partial charge in [-0.15, -0.1) is 0 Å². The van der Waals surface area contributed by atoms with Crippen molar-refractivity contribution in [2.45, 2.75) is 39.5 Å². The van der Waals surface area contributed by atoms with E-state index in [-0.39, 0.29) is 12.5 Å². The Bertz CT molecular complexity index is 223. The van der Waals surface area contributed by atoms with Crippen molar-refractivity contribution in [1.82, 2.24) is 4.90 Å². The van der Waals surface area contributed by atoms with Gasteiger partial charge in [0.1, 0.15) is 13.2 Å². The number of aliphatic carboxylic acids is 1. The highest BCUT2D eigenvalue weighted by molar-refractivity contribution is 5.78. The van der Waals surface area contributed by atoms with Gasteiger partial charge >= 0.3 is 5.97 Å². The number of ether oxygens (including phenoxy) is 1. The molecular formula is C12H23NO4. The van der Waals surface area contributed by atoms with E-state index in [0.29, 0.717) is 0 Å². The van der Waals surface area contributed by atoms with Gasteiger partial charge in [-0.3, -0.25) is 4.79 Å². The number of amides is 1. The van der Waals surface area contributed by atoms with Crippen molar-refractivity contribution >= 4 is 11.9 Å². The summed E-state index contributed by atoms with van der Waals surface area (Å²) in [5.74, 6) is -1.17. The van der Waals surface area contributed by atoms with Gasteiger partial charge in [-0.1, -0.05) is 26.7 Å². The van der Waals surface area contributed by atoms with E-state index < -0.39 is 12.6 Å². The number of hydrogen-bond donors (Lipinski definition) is 1. The van der Waals surface area contributed by atoms with Crippen LogP contribution < -0.4 is 0 Å². The lowest BCUT2D eigenvalue weighted by Crippen LogP contribution is -2.36.